The summed E-state index contributed by atoms with van der Waals surface area (Å²) < 4.78 is 11.9. The van der Waals surface area contributed by atoms with E-state index >= 15 is 0 Å². The lowest BCUT2D eigenvalue weighted by molar-refractivity contribution is -0.0310. The van der Waals surface area contributed by atoms with E-state index in [-0.39, 0.29) is 6.10 Å². The Hall–Kier alpha value is -1.40. The molecule has 1 aliphatic heterocycles. The van der Waals surface area contributed by atoms with Gasteiger partial charge in [-0.25, -0.2) is 4.79 Å². The van der Waals surface area contributed by atoms with Crippen LogP contribution in [0.4, 0.5) is 0 Å². The molecule has 82 valence electrons. The second-order valence-electron chi connectivity index (χ2n) is 3.34. The minimum Gasteiger partial charge on any atom is -0.377 e. The van der Waals surface area contributed by atoms with Crippen LogP contribution in [0.25, 0.3) is 0 Å². The molecule has 0 radical (unpaired) electrons. The Morgan fingerprint density at radius 1 is 1.60 bits per heavy atom. The first-order valence-electron chi connectivity index (χ1n) is 4.68. The Bertz CT molecular complexity index is 450. The smallest absolute Gasteiger partial charge is 0.330 e. The Kier molecular flexibility index (Phi) is 2.70. The van der Waals surface area contributed by atoms with Crippen LogP contribution in [0.5, 0.6) is 0 Å². The number of methoxy groups -OCH3 is 1. The van der Waals surface area contributed by atoms with Crippen LogP contribution in [-0.4, -0.2) is 29.4 Å². The van der Waals surface area contributed by atoms with Crippen molar-refractivity contribution in [3.8, 4) is 0 Å². The molecule has 0 aliphatic carbocycles. The lowest BCUT2D eigenvalue weighted by Crippen LogP contribution is -2.35. The normalized spacial score (nSPS) is 25.7. The summed E-state index contributed by atoms with van der Waals surface area (Å²) in [5.74, 6) is 0. The summed E-state index contributed by atoms with van der Waals surface area (Å²) in [5.41, 5.74) is -0.889. The van der Waals surface area contributed by atoms with E-state index in [4.69, 9.17) is 9.47 Å². The van der Waals surface area contributed by atoms with Crippen LogP contribution in [0.15, 0.2) is 21.9 Å². The van der Waals surface area contributed by atoms with E-state index in [2.05, 4.69) is 4.98 Å². The SMILES string of the molecule is CO[C@H]1CCO[C@H]1n1ccc(=O)[nH]c1=O. The summed E-state index contributed by atoms with van der Waals surface area (Å²) in [6.07, 6.45) is 1.57. The maximum atomic E-state index is 11.5. The molecule has 2 heterocycles. The Labute approximate surface area is 85.4 Å². The Morgan fingerprint density at radius 3 is 3.07 bits per heavy atom. The highest BCUT2D eigenvalue weighted by Gasteiger charge is 2.30. The number of hydrogen-bond donors (Lipinski definition) is 1. The molecule has 1 saturated heterocycles. The van der Waals surface area contributed by atoms with E-state index in [0.717, 1.165) is 6.42 Å². The first kappa shape index (κ1) is 10.1. The molecule has 0 spiro atoms. The zero-order chi connectivity index (χ0) is 10.8. The molecule has 1 aromatic heterocycles. The van der Waals surface area contributed by atoms with Crippen molar-refractivity contribution in [2.75, 3.05) is 13.7 Å². The first-order chi connectivity index (χ1) is 7.22. The predicted octanol–water partition coefficient (Wildman–Crippen LogP) is -0.530. The lowest BCUT2D eigenvalue weighted by Gasteiger charge is -2.18. The van der Waals surface area contributed by atoms with E-state index in [1.807, 2.05) is 0 Å². The van der Waals surface area contributed by atoms with Crippen molar-refractivity contribution in [2.45, 2.75) is 18.8 Å². The summed E-state index contributed by atoms with van der Waals surface area (Å²) in [6, 6.07) is 1.29. The van der Waals surface area contributed by atoms with Crippen LogP contribution >= 0.6 is 0 Å². The van der Waals surface area contributed by atoms with Gasteiger partial charge in [-0.2, -0.15) is 0 Å². The third kappa shape index (κ3) is 1.86. The summed E-state index contributed by atoms with van der Waals surface area (Å²) in [5, 5.41) is 0. The molecule has 2 atom stereocenters. The van der Waals surface area contributed by atoms with E-state index in [0.29, 0.717) is 6.61 Å². The average Bonchev–Trinajstić information content (AvgIpc) is 2.65. The third-order valence-electron chi connectivity index (χ3n) is 2.44. The molecular weight excluding hydrogens is 200 g/mol. The molecule has 0 bridgehead atoms. The quantitative estimate of drug-likeness (QED) is 0.715. The van der Waals surface area contributed by atoms with Crippen LogP contribution in [0.3, 0.4) is 0 Å². The van der Waals surface area contributed by atoms with Crippen molar-refractivity contribution >= 4 is 0 Å². The van der Waals surface area contributed by atoms with Crippen LogP contribution < -0.4 is 11.2 Å². The minimum absolute atomic E-state index is 0.145. The zero-order valence-corrected chi connectivity index (χ0v) is 8.30. The van der Waals surface area contributed by atoms with Gasteiger partial charge < -0.3 is 9.47 Å². The van der Waals surface area contributed by atoms with Crippen LogP contribution in [0.2, 0.25) is 0 Å². The van der Waals surface area contributed by atoms with Crippen molar-refractivity contribution in [3.05, 3.63) is 33.1 Å². The number of nitrogens with zero attached hydrogens (tertiary/aromatic N) is 1. The van der Waals surface area contributed by atoms with E-state index in [9.17, 15) is 9.59 Å². The topological polar surface area (TPSA) is 73.3 Å². The predicted molar refractivity (Wildman–Crippen MR) is 51.7 cm³/mol. The maximum absolute atomic E-state index is 11.5. The first-order valence-corrected chi connectivity index (χ1v) is 4.68. The molecular formula is C9H12N2O4. The maximum Gasteiger partial charge on any atom is 0.330 e. The second-order valence-corrected chi connectivity index (χ2v) is 3.34. The van der Waals surface area contributed by atoms with Crippen molar-refractivity contribution in [3.63, 3.8) is 0 Å². The summed E-state index contributed by atoms with van der Waals surface area (Å²) >= 11 is 0. The summed E-state index contributed by atoms with van der Waals surface area (Å²) in [4.78, 5) is 24.5. The van der Waals surface area contributed by atoms with Crippen LogP contribution in [-0.2, 0) is 9.47 Å². The van der Waals surface area contributed by atoms with E-state index in [1.54, 1.807) is 7.11 Å². The number of aromatic nitrogens is 2. The molecule has 6 heteroatoms. The van der Waals surface area contributed by atoms with E-state index in [1.165, 1.54) is 16.8 Å². The second kappa shape index (κ2) is 4.00. The van der Waals surface area contributed by atoms with Gasteiger partial charge in [-0.3, -0.25) is 14.3 Å². The number of hydrogen-bond acceptors (Lipinski definition) is 4. The Balaban J connectivity index is 2.37. The molecule has 1 aromatic rings. The number of aromatic amines is 1. The molecule has 6 nitrogen and oxygen atoms in total. The van der Waals surface area contributed by atoms with Gasteiger partial charge in [0.05, 0.1) is 6.61 Å². The van der Waals surface area contributed by atoms with Crippen molar-refractivity contribution < 1.29 is 9.47 Å². The van der Waals surface area contributed by atoms with Crippen LogP contribution in [0, 0.1) is 0 Å². The van der Waals surface area contributed by atoms with Gasteiger partial charge in [0.1, 0.15) is 6.10 Å². The lowest BCUT2D eigenvalue weighted by atomic mass is 10.3. The van der Waals surface area contributed by atoms with Crippen molar-refractivity contribution in [1.82, 2.24) is 9.55 Å². The number of nitrogens with one attached hydrogen (secondary N) is 1. The molecule has 15 heavy (non-hydrogen) atoms. The number of rotatable bonds is 2. The zero-order valence-electron chi connectivity index (χ0n) is 8.30. The van der Waals surface area contributed by atoms with Crippen LogP contribution in [0.1, 0.15) is 12.6 Å². The molecule has 1 fully saturated rings. The monoisotopic (exact) mass is 212 g/mol. The molecule has 1 N–H and O–H groups in total. The van der Waals surface area contributed by atoms with Gasteiger partial charge >= 0.3 is 5.69 Å². The largest absolute Gasteiger partial charge is 0.377 e. The molecule has 0 amide bonds. The highest BCUT2D eigenvalue weighted by Crippen LogP contribution is 2.23. The number of H-pyrrole nitrogens is 1. The van der Waals surface area contributed by atoms with Gasteiger partial charge in [-0.1, -0.05) is 0 Å². The summed E-state index contributed by atoms with van der Waals surface area (Å²) in [7, 11) is 1.57. The molecule has 1 aliphatic rings. The number of ether oxygens (including phenoxy) is 2. The molecule has 2 rings (SSSR count). The molecule has 0 saturated carbocycles. The third-order valence-corrected chi connectivity index (χ3v) is 2.44. The van der Waals surface area contributed by atoms with Gasteiger partial charge in [0.2, 0.25) is 0 Å². The van der Waals surface area contributed by atoms with Gasteiger partial charge in [-0.05, 0) is 0 Å². The van der Waals surface area contributed by atoms with Crippen molar-refractivity contribution in [2.24, 2.45) is 0 Å². The standard InChI is InChI=1S/C9H12N2O4/c1-14-6-3-5-15-8(6)11-4-2-7(12)10-9(11)13/h2,4,6,8H,3,5H2,1H3,(H,10,12,13)/t6-,8+/m0/s1. The Morgan fingerprint density at radius 2 is 2.40 bits per heavy atom. The van der Waals surface area contributed by atoms with Gasteiger partial charge in [0, 0.05) is 25.8 Å². The fourth-order valence-corrected chi connectivity index (χ4v) is 1.68. The fourth-order valence-electron chi connectivity index (χ4n) is 1.68. The minimum atomic E-state index is -0.476. The molecule has 0 unspecified atom stereocenters. The average molecular weight is 212 g/mol. The fraction of sp³-hybridized carbons (Fsp3) is 0.556. The van der Waals surface area contributed by atoms with Gasteiger partial charge in [0.15, 0.2) is 6.23 Å². The van der Waals surface area contributed by atoms with E-state index < -0.39 is 17.5 Å². The highest BCUT2D eigenvalue weighted by molar-refractivity contribution is 4.87. The molecule has 0 aromatic carbocycles. The van der Waals surface area contributed by atoms with Crippen molar-refractivity contribution in [1.29, 1.82) is 0 Å². The van der Waals surface area contributed by atoms with Gasteiger partial charge in [-0.15, -0.1) is 0 Å². The van der Waals surface area contributed by atoms with Gasteiger partial charge in [0.25, 0.3) is 5.56 Å². The summed E-state index contributed by atoms with van der Waals surface area (Å²) in [6.45, 7) is 0.550. The highest BCUT2D eigenvalue weighted by atomic mass is 16.6.